The van der Waals surface area contributed by atoms with Crippen LogP contribution in [0.5, 0.6) is 0 Å². The first-order chi connectivity index (χ1) is 30.1. The first kappa shape index (κ1) is 46.4. The average Bonchev–Trinajstić information content (AvgIpc) is 3.86. The molecule has 1 aromatic carbocycles. The van der Waals surface area contributed by atoms with Gasteiger partial charge in [-0.3, -0.25) is 24.4 Å². The number of rotatable bonds is 11. The Balaban J connectivity index is 1.30. The zero-order valence-electron chi connectivity index (χ0n) is 37.7. The molecule has 14 nitrogen and oxygen atoms in total. The highest BCUT2D eigenvalue weighted by Gasteiger charge is 2.43. The molecule has 1 N–H and O–H groups in total. The minimum Gasteiger partial charge on any atom is -0.464 e. The number of benzene rings is 1. The van der Waals surface area contributed by atoms with Gasteiger partial charge in [-0.15, -0.1) is 11.3 Å². The lowest BCUT2D eigenvalue weighted by atomic mass is 9.84. The number of carbonyl (C=O) groups is 4. The molecule has 0 saturated carbocycles. The molecule has 3 aliphatic rings. The number of ether oxygens (including phenoxy) is 3. The number of Topliss-reactive ketones (excluding diaryl/α,β-unsaturated/α-hetero) is 1. The molecule has 2 unspecified atom stereocenters. The summed E-state index contributed by atoms with van der Waals surface area (Å²) in [6.45, 7) is 16.9. The molecule has 4 aromatic rings. The van der Waals surface area contributed by atoms with Crippen molar-refractivity contribution in [2.45, 2.75) is 90.3 Å². The topological polar surface area (TPSA) is 148 Å². The molecule has 6 heterocycles. The second-order valence-electron chi connectivity index (χ2n) is 18.0. The highest BCUT2D eigenvalue weighted by molar-refractivity contribution is 7.81. The molecule has 2 saturated heterocycles. The second kappa shape index (κ2) is 19.2. The van der Waals surface area contributed by atoms with Gasteiger partial charge in [0.25, 0.3) is 0 Å². The van der Waals surface area contributed by atoms with Crippen LogP contribution in [0.25, 0.3) is 33.4 Å². The third-order valence-electron chi connectivity index (χ3n) is 12.6. The number of nitrogens with one attached hydrogen (secondary N) is 1. The van der Waals surface area contributed by atoms with E-state index in [1.54, 1.807) is 39.3 Å². The Labute approximate surface area is 379 Å². The van der Waals surface area contributed by atoms with Gasteiger partial charge in [-0.1, -0.05) is 32.1 Å². The third-order valence-corrected chi connectivity index (χ3v) is 14.1. The molecule has 2 fully saturated rings. The van der Waals surface area contributed by atoms with Crippen molar-refractivity contribution in [1.29, 1.82) is 0 Å². The standard InChI is InChI=1S/C47H61N7O7S2/c1-10-53-37-16-15-30-19-32(37)34(41(53)31-13-11-17-48-39(31)28(4)60-9)21-47(5,6)26-61-45(57)35-14-12-18-54(50-35)44(56)33(20-38-49-36(30)25-63-38)43(62)42(55)40(27(2)3)51(7)46(58)52-22-29(23-52)24-59-8/h11,13,15-17,19,25,28-29,33,35,40,43,50,62H,2,10,12,14,18,20-24,26H2,1,3-9H3/t28-,33?,35-,40-,43?/m0/s1. The van der Waals surface area contributed by atoms with Crippen LogP contribution in [0.1, 0.15) is 69.8 Å². The van der Waals surface area contributed by atoms with Crippen molar-refractivity contribution in [3.05, 3.63) is 70.3 Å². The van der Waals surface area contributed by atoms with Gasteiger partial charge in [-0.05, 0) is 69.9 Å². The zero-order chi connectivity index (χ0) is 45.3. The van der Waals surface area contributed by atoms with Crippen LogP contribution in [-0.2, 0) is 48.0 Å². The summed E-state index contributed by atoms with van der Waals surface area (Å²) < 4.78 is 19.5. The van der Waals surface area contributed by atoms with Crippen molar-refractivity contribution in [2.24, 2.45) is 17.3 Å². The van der Waals surface area contributed by atoms with E-state index in [0.29, 0.717) is 62.6 Å². The van der Waals surface area contributed by atoms with Crippen LogP contribution in [0.3, 0.4) is 0 Å². The monoisotopic (exact) mass is 899 g/mol. The largest absolute Gasteiger partial charge is 0.464 e. The number of aromatic nitrogens is 3. The number of hydrogen-bond donors (Lipinski definition) is 2. The Morgan fingerprint density at radius 2 is 1.95 bits per heavy atom. The molecule has 3 aliphatic heterocycles. The van der Waals surface area contributed by atoms with Crippen LogP contribution in [0.15, 0.2) is 54.1 Å². The summed E-state index contributed by atoms with van der Waals surface area (Å²) in [5.41, 5.74) is 9.76. The SMILES string of the molecule is C=C(C)[C@@H](C(=O)C(S)C1Cc2nc(cs2)-c2ccc3c(c2)c(c(-c2cccnc2[C@H](C)OC)n3CC)CC(C)(C)COC(=O)[C@@H]2CCCN(N2)C1=O)N(C)C(=O)N1CC(COC)C1. The van der Waals surface area contributed by atoms with Crippen LogP contribution in [0, 0.1) is 17.3 Å². The molecule has 0 radical (unpaired) electrons. The molecule has 6 bridgehead atoms. The normalized spacial score (nSPS) is 21.0. The molecule has 3 aromatic heterocycles. The second-order valence-corrected chi connectivity index (χ2v) is 19.5. The van der Waals surface area contributed by atoms with Gasteiger partial charge >= 0.3 is 12.0 Å². The number of methoxy groups -OCH3 is 2. The van der Waals surface area contributed by atoms with Gasteiger partial charge < -0.3 is 28.6 Å². The van der Waals surface area contributed by atoms with Crippen molar-refractivity contribution < 1.29 is 33.4 Å². The number of likely N-dealkylation sites (N-methyl/N-ethyl adjacent to an activating group) is 1. The molecular formula is C47H61N7O7S2. The average molecular weight is 900 g/mol. The zero-order valence-corrected chi connectivity index (χ0v) is 39.4. The minimum atomic E-state index is -1.15. The number of ketones is 1. The summed E-state index contributed by atoms with van der Waals surface area (Å²) >= 11 is 6.32. The number of pyridine rings is 1. The van der Waals surface area contributed by atoms with E-state index in [1.165, 1.54) is 21.2 Å². The van der Waals surface area contributed by atoms with Crippen molar-refractivity contribution in [2.75, 3.05) is 54.1 Å². The number of thiol groups is 1. The molecule has 5 atom stereocenters. The van der Waals surface area contributed by atoms with E-state index in [1.807, 2.05) is 18.4 Å². The van der Waals surface area contributed by atoms with Crippen molar-refractivity contribution in [3.8, 4) is 22.5 Å². The molecule has 7 rings (SSSR count). The summed E-state index contributed by atoms with van der Waals surface area (Å²) in [6, 6.07) is 8.30. The highest BCUT2D eigenvalue weighted by atomic mass is 32.1. The van der Waals surface area contributed by atoms with E-state index in [4.69, 9.17) is 36.8 Å². The molecule has 338 valence electrons. The molecule has 63 heavy (non-hydrogen) atoms. The molecule has 3 amide bonds. The Morgan fingerprint density at radius 3 is 2.65 bits per heavy atom. The van der Waals surface area contributed by atoms with E-state index < -0.39 is 46.3 Å². The number of carbonyl (C=O) groups excluding carboxylic acids is 4. The van der Waals surface area contributed by atoms with Gasteiger partial charge in [0.2, 0.25) is 5.91 Å². The van der Waals surface area contributed by atoms with E-state index in [2.05, 4.69) is 61.6 Å². The Hall–Kier alpha value is -4.61. The van der Waals surface area contributed by atoms with Crippen LogP contribution >= 0.6 is 24.0 Å². The number of hydrazine groups is 1. The van der Waals surface area contributed by atoms with Crippen molar-refractivity contribution in [1.82, 2.24) is 34.8 Å². The maximum atomic E-state index is 14.7. The molecule has 0 spiro atoms. The first-order valence-electron chi connectivity index (χ1n) is 21.8. The predicted octanol–water partition coefficient (Wildman–Crippen LogP) is 6.78. The summed E-state index contributed by atoms with van der Waals surface area (Å²) in [7, 11) is 4.90. The number of likely N-dealkylation sites (tertiary alicyclic amines) is 1. The number of cyclic esters (lactones) is 1. The summed E-state index contributed by atoms with van der Waals surface area (Å²) in [6.07, 6.45) is 3.23. The Kier molecular flexibility index (Phi) is 14.2. The number of hydrogen-bond acceptors (Lipinski definition) is 12. The molecular weight excluding hydrogens is 839 g/mol. The third kappa shape index (κ3) is 9.47. The van der Waals surface area contributed by atoms with Crippen LogP contribution in [0.2, 0.25) is 0 Å². The first-order valence-corrected chi connectivity index (χ1v) is 23.2. The number of nitrogens with zero attached hydrogens (tertiary/aromatic N) is 6. The fourth-order valence-corrected chi connectivity index (χ4v) is 10.5. The van der Waals surface area contributed by atoms with Crippen LogP contribution in [0.4, 0.5) is 4.79 Å². The molecule has 16 heteroatoms. The number of amides is 3. The molecule has 0 aliphatic carbocycles. The number of fused-ring (bicyclic) bond motifs is 6. The van der Waals surface area contributed by atoms with E-state index >= 15 is 0 Å². The smallest absolute Gasteiger partial charge is 0.324 e. The number of thiazole rings is 1. The predicted molar refractivity (Wildman–Crippen MR) is 247 cm³/mol. The maximum Gasteiger partial charge on any atom is 0.324 e. The minimum absolute atomic E-state index is 0.0988. The summed E-state index contributed by atoms with van der Waals surface area (Å²) in [5, 5.41) is 3.97. The van der Waals surface area contributed by atoms with Gasteiger partial charge in [0, 0.05) is 98.8 Å². The quantitative estimate of drug-likeness (QED) is 0.0939. The lowest BCUT2D eigenvalue weighted by molar-refractivity contribution is -0.156. The van der Waals surface area contributed by atoms with E-state index in [0.717, 1.165) is 44.7 Å². The van der Waals surface area contributed by atoms with Gasteiger partial charge in [0.05, 0.1) is 52.6 Å². The maximum absolute atomic E-state index is 14.7. The number of esters is 1. The van der Waals surface area contributed by atoms with Crippen molar-refractivity contribution >= 4 is 58.6 Å². The van der Waals surface area contributed by atoms with Gasteiger partial charge in [0.15, 0.2) is 5.78 Å². The summed E-state index contributed by atoms with van der Waals surface area (Å²) in [5.74, 6) is -2.04. The highest BCUT2D eigenvalue weighted by Crippen LogP contribution is 2.42. The Morgan fingerprint density at radius 1 is 1.19 bits per heavy atom. The van der Waals surface area contributed by atoms with E-state index in [-0.39, 0.29) is 31.1 Å². The van der Waals surface area contributed by atoms with Crippen LogP contribution in [-0.4, -0.2) is 124 Å². The Bertz CT molecular complexity index is 2370. The van der Waals surface area contributed by atoms with Gasteiger partial charge in [-0.25, -0.2) is 15.2 Å². The van der Waals surface area contributed by atoms with Crippen molar-refractivity contribution in [3.63, 3.8) is 0 Å². The van der Waals surface area contributed by atoms with E-state index in [9.17, 15) is 19.2 Å². The van der Waals surface area contributed by atoms with Crippen LogP contribution < -0.4 is 5.43 Å². The number of urea groups is 1. The summed E-state index contributed by atoms with van der Waals surface area (Å²) in [4.78, 5) is 69.9. The number of aryl methyl sites for hydroxylation is 1. The fourth-order valence-electron chi connectivity index (χ4n) is 9.25. The van der Waals surface area contributed by atoms with Gasteiger partial charge in [0.1, 0.15) is 12.1 Å². The lowest BCUT2D eigenvalue weighted by Crippen LogP contribution is -2.60. The fraction of sp³-hybridized carbons (Fsp3) is 0.532. The van der Waals surface area contributed by atoms with Gasteiger partial charge in [-0.2, -0.15) is 12.6 Å². The lowest BCUT2D eigenvalue weighted by Gasteiger charge is -2.43.